The Labute approximate surface area is 297 Å². The lowest BCUT2D eigenvalue weighted by Gasteiger charge is -2.41. The number of aromatic nitrogens is 2. The number of anilines is 5. The highest BCUT2D eigenvalue weighted by Gasteiger charge is 2.42. The zero-order chi connectivity index (χ0) is 34.7. The summed E-state index contributed by atoms with van der Waals surface area (Å²) in [6.45, 7) is 7.86. The standard InChI is InChI=1S/C39H43N7O5/c1-3-39(47)43-32-20-33(36(48-2)21-35(32)44-15-12-27(13-16-44)45-23-31-19-28(45)24-49-31)42-37-22-38(41-25-40-37)46-34(14-17-50-46)26-8-7-11-30(18-26)51-29-9-5-4-6-10-29/h3-11,18,20-22,25,27-28,31,34H,1,12-17,19,23-24H2,2H3,(H,43,47)(H,40,41,42)/t28-,31-,34?/m1/s1. The van der Waals surface area contributed by atoms with E-state index >= 15 is 0 Å². The molecule has 4 aliphatic rings. The first-order valence-electron chi connectivity index (χ1n) is 17.7. The van der Waals surface area contributed by atoms with E-state index in [-0.39, 0.29) is 11.9 Å². The smallest absolute Gasteiger partial charge is 0.247 e. The van der Waals surface area contributed by atoms with E-state index in [0.29, 0.717) is 53.6 Å². The number of likely N-dealkylation sites (tertiary alicyclic amines) is 1. The second-order valence-corrected chi connectivity index (χ2v) is 13.4. The predicted molar refractivity (Wildman–Crippen MR) is 196 cm³/mol. The van der Waals surface area contributed by atoms with Gasteiger partial charge in [0.15, 0.2) is 5.82 Å². The summed E-state index contributed by atoms with van der Waals surface area (Å²) in [7, 11) is 1.65. The van der Waals surface area contributed by atoms with Crippen LogP contribution in [0.4, 0.5) is 28.7 Å². The predicted octanol–water partition coefficient (Wildman–Crippen LogP) is 6.47. The largest absolute Gasteiger partial charge is 0.494 e. The number of morpholine rings is 1. The molecule has 8 rings (SSSR count). The van der Waals surface area contributed by atoms with Crippen LogP contribution in [0.1, 0.15) is 37.3 Å². The quantitative estimate of drug-likeness (QED) is 0.169. The Kier molecular flexibility index (Phi) is 9.44. The highest BCUT2D eigenvalue weighted by molar-refractivity contribution is 6.02. The van der Waals surface area contributed by atoms with Crippen molar-refractivity contribution in [2.75, 3.05) is 60.6 Å². The third kappa shape index (κ3) is 7.07. The zero-order valence-corrected chi connectivity index (χ0v) is 28.7. The summed E-state index contributed by atoms with van der Waals surface area (Å²) in [6.07, 6.45) is 7.22. The molecule has 4 saturated heterocycles. The van der Waals surface area contributed by atoms with E-state index in [1.165, 1.54) is 12.4 Å². The fourth-order valence-corrected chi connectivity index (χ4v) is 7.78. The number of fused-ring (bicyclic) bond motifs is 2. The second-order valence-electron chi connectivity index (χ2n) is 13.4. The highest BCUT2D eigenvalue weighted by atomic mass is 16.7. The molecule has 0 aliphatic carbocycles. The first-order valence-corrected chi connectivity index (χ1v) is 17.7. The monoisotopic (exact) mass is 689 g/mol. The molecule has 12 heteroatoms. The van der Waals surface area contributed by atoms with Gasteiger partial charge in [-0.25, -0.2) is 15.0 Å². The average molecular weight is 690 g/mol. The number of methoxy groups -OCH3 is 1. The number of hydrogen-bond acceptors (Lipinski definition) is 11. The molecule has 4 aromatic rings. The number of hydroxylamine groups is 1. The normalized spacial score (nSPS) is 21.9. The molecule has 0 radical (unpaired) electrons. The minimum atomic E-state index is -0.282. The number of piperidine rings is 1. The molecular weight excluding hydrogens is 646 g/mol. The number of amides is 1. The molecule has 1 unspecified atom stereocenters. The Hall–Kier alpha value is -5.17. The van der Waals surface area contributed by atoms with Crippen molar-refractivity contribution in [1.82, 2.24) is 14.9 Å². The van der Waals surface area contributed by atoms with Gasteiger partial charge in [0.1, 0.15) is 29.4 Å². The summed E-state index contributed by atoms with van der Waals surface area (Å²) in [5, 5.41) is 8.27. The number of hydrogen-bond donors (Lipinski definition) is 2. The van der Waals surface area contributed by atoms with Crippen LogP contribution in [-0.2, 0) is 14.4 Å². The van der Waals surface area contributed by atoms with Gasteiger partial charge in [-0.1, -0.05) is 36.9 Å². The SMILES string of the molecule is C=CC(=O)Nc1cc(Nc2cc(N3OCCC3c3cccc(Oc4ccccc4)c3)ncn2)c(OC)cc1N1CCC(N2C[C@H]3C[C@@H]2CO3)CC1. The molecule has 4 fully saturated rings. The van der Waals surface area contributed by atoms with E-state index in [9.17, 15) is 4.79 Å². The van der Waals surface area contributed by atoms with Gasteiger partial charge in [-0.2, -0.15) is 0 Å². The van der Waals surface area contributed by atoms with Gasteiger partial charge >= 0.3 is 0 Å². The van der Waals surface area contributed by atoms with Gasteiger partial charge in [-0.3, -0.25) is 14.5 Å². The van der Waals surface area contributed by atoms with Crippen LogP contribution < -0.4 is 30.1 Å². The van der Waals surface area contributed by atoms with Crippen molar-refractivity contribution in [2.24, 2.45) is 0 Å². The van der Waals surface area contributed by atoms with Crippen molar-refractivity contribution >= 4 is 34.6 Å². The molecule has 2 N–H and O–H groups in total. The van der Waals surface area contributed by atoms with E-state index in [1.807, 2.05) is 71.8 Å². The van der Waals surface area contributed by atoms with E-state index < -0.39 is 0 Å². The maximum atomic E-state index is 12.6. The van der Waals surface area contributed by atoms with Crippen LogP contribution in [0.15, 0.2) is 91.8 Å². The molecule has 0 saturated carbocycles. The fourth-order valence-electron chi connectivity index (χ4n) is 7.78. The van der Waals surface area contributed by atoms with Crippen LogP contribution >= 0.6 is 0 Å². The lowest BCUT2D eigenvalue weighted by atomic mass is 10.0. The maximum absolute atomic E-state index is 12.6. The van der Waals surface area contributed by atoms with E-state index in [4.69, 9.17) is 19.0 Å². The lowest BCUT2D eigenvalue weighted by molar-refractivity contribution is -0.111. The molecule has 3 aromatic carbocycles. The number of rotatable bonds is 11. The molecule has 2 bridgehead atoms. The van der Waals surface area contributed by atoms with Crippen molar-refractivity contribution in [1.29, 1.82) is 0 Å². The maximum Gasteiger partial charge on any atom is 0.247 e. The van der Waals surface area contributed by atoms with Crippen molar-refractivity contribution in [3.63, 3.8) is 0 Å². The van der Waals surface area contributed by atoms with Gasteiger partial charge in [0.25, 0.3) is 0 Å². The van der Waals surface area contributed by atoms with E-state index in [0.717, 1.165) is 74.7 Å². The van der Waals surface area contributed by atoms with Crippen LogP contribution in [-0.4, -0.2) is 78.9 Å². The molecule has 264 valence electrons. The highest BCUT2D eigenvalue weighted by Crippen LogP contribution is 2.42. The lowest BCUT2D eigenvalue weighted by Crippen LogP contribution is -2.49. The molecule has 3 atom stereocenters. The number of carbonyl (C=O) groups is 1. The van der Waals surface area contributed by atoms with Crippen LogP contribution in [0.3, 0.4) is 0 Å². The summed E-state index contributed by atoms with van der Waals surface area (Å²) in [5.74, 6) is 3.04. The van der Waals surface area contributed by atoms with Gasteiger partial charge < -0.3 is 29.7 Å². The minimum Gasteiger partial charge on any atom is -0.494 e. The number of carbonyl (C=O) groups excluding carboxylic acids is 1. The van der Waals surface area contributed by atoms with E-state index in [2.05, 4.69) is 43.0 Å². The number of para-hydroxylation sites is 1. The Balaban J connectivity index is 1.01. The van der Waals surface area contributed by atoms with Crippen molar-refractivity contribution in [3.8, 4) is 17.2 Å². The van der Waals surface area contributed by atoms with Crippen molar-refractivity contribution in [3.05, 3.63) is 97.3 Å². The Morgan fingerprint density at radius 2 is 1.80 bits per heavy atom. The van der Waals surface area contributed by atoms with Crippen molar-refractivity contribution < 1.29 is 23.8 Å². The summed E-state index contributed by atoms with van der Waals surface area (Å²) in [5.41, 5.74) is 3.29. The summed E-state index contributed by atoms with van der Waals surface area (Å²) < 4.78 is 17.8. The molecule has 4 aliphatic heterocycles. The molecule has 5 heterocycles. The van der Waals surface area contributed by atoms with Gasteiger partial charge in [0.2, 0.25) is 5.91 Å². The number of ether oxygens (including phenoxy) is 3. The topological polar surface area (TPSA) is 114 Å². The molecule has 12 nitrogen and oxygen atoms in total. The molecule has 51 heavy (non-hydrogen) atoms. The molecule has 0 spiro atoms. The van der Waals surface area contributed by atoms with Gasteiger partial charge in [0.05, 0.1) is 49.5 Å². The van der Waals surface area contributed by atoms with Crippen LogP contribution in [0.25, 0.3) is 0 Å². The third-order valence-corrected chi connectivity index (χ3v) is 10.2. The summed E-state index contributed by atoms with van der Waals surface area (Å²) in [4.78, 5) is 32.8. The number of benzene rings is 3. The first kappa shape index (κ1) is 33.0. The second kappa shape index (κ2) is 14.6. The average Bonchev–Trinajstić information content (AvgIpc) is 3.95. The Morgan fingerprint density at radius 1 is 0.961 bits per heavy atom. The number of nitrogens with one attached hydrogen (secondary N) is 2. The van der Waals surface area contributed by atoms with Crippen LogP contribution in [0, 0.1) is 0 Å². The molecular formula is C39H43N7O5. The van der Waals surface area contributed by atoms with E-state index in [1.54, 1.807) is 7.11 Å². The zero-order valence-electron chi connectivity index (χ0n) is 28.7. The summed E-state index contributed by atoms with van der Waals surface area (Å²) in [6, 6.07) is 24.5. The molecule has 1 aromatic heterocycles. The molecule has 1 amide bonds. The summed E-state index contributed by atoms with van der Waals surface area (Å²) >= 11 is 0. The van der Waals surface area contributed by atoms with Gasteiger partial charge in [-0.15, -0.1) is 0 Å². The third-order valence-electron chi connectivity index (χ3n) is 10.2. The minimum absolute atomic E-state index is 0.0697. The fraction of sp³-hybridized carbons (Fsp3) is 0.359. The van der Waals surface area contributed by atoms with Crippen molar-refractivity contribution in [2.45, 2.75) is 49.9 Å². The number of nitrogens with zero attached hydrogens (tertiary/aromatic N) is 5. The Morgan fingerprint density at radius 3 is 2.57 bits per heavy atom. The van der Waals surface area contributed by atoms with Gasteiger partial charge in [-0.05, 0) is 61.2 Å². The van der Waals surface area contributed by atoms with Gasteiger partial charge in [0, 0.05) is 50.3 Å². The Bertz CT molecular complexity index is 1870. The van der Waals surface area contributed by atoms with Crippen LogP contribution in [0.5, 0.6) is 17.2 Å². The first-order chi connectivity index (χ1) is 25.0. The van der Waals surface area contributed by atoms with Crippen LogP contribution in [0.2, 0.25) is 0 Å².